The number of nitrogens with zero attached hydrogens (tertiary/aromatic N) is 1. The van der Waals surface area contributed by atoms with Crippen LogP contribution < -0.4 is 10.1 Å². The summed E-state index contributed by atoms with van der Waals surface area (Å²) in [5.41, 5.74) is 2.94. The zero-order valence-electron chi connectivity index (χ0n) is 11.1. The van der Waals surface area contributed by atoms with Crippen molar-refractivity contribution in [1.82, 2.24) is 10.2 Å². The lowest BCUT2D eigenvalue weighted by Crippen LogP contribution is -2.45. The van der Waals surface area contributed by atoms with Gasteiger partial charge in [-0.3, -0.25) is 4.90 Å². The van der Waals surface area contributed by atoms with E-state index in [2.05, 4.69) is 28.4 Å². The first kappa shape index (κ1) is 12.0. The minimum Gasteiger partial charge on any atom is -0.496 e. The summed E-state index contributed by atoms with van der Waals surface area (Å²) in [5.74, 6) is 1.08. The Morgan fingerprint density at radius 3 is 2.89 bits per heavy atom. The fourth-order valence-electron chi connectivity index (χ4n) is 3.35. The largest absolute Gasteiger partial charge is 0.496 e. The average Bonchev–Trinajstić information content (AvgIpc) is 2.47. The van der Waals surface area contributed by atoms with Crippen molar-refractivity contribution in [2.24, 2.45) is 0 Å². The molecule has 2 aliphatic rings. The van der Waals surface area contributed by atoms with Gasteiger partial charge in [0, 0.05) is 32.2 Å². The molecule has 1 aliphatic carbocycles. The maximum absolute atomic E-state index is 5.52. The predicted molar refractivity (Wildman–Crippen MR) is 73.1 cm³/mol. The van der Waals surface area contributed by atoms with Crippen molar-refractivity contribution >= 4 is 0 Å². The van der Waals surface area contributed by atoms with Crippen LogP contribution in [0.25, 0.3) is 0 Å². The third-order valence-corrected chi connectivity index (χ3v) is 4.24. The lowest BCUT2D eigenvalue weighted by atomic mass is 9.86. The molecule has 0 bridgehead atoms. The number of hydrogen-bond acceptors (Lipinski definition) is 3. The molecule has 3 nitrogen and oxygen atoms in total. The summed E-state index contributed by atoms with van der Waals surface area (Å²) in [4.78, 5) is 2.63. The van der Waals surface area contributed by atoms with Crippen molar-refractivity contribution in [3.05, 3.63) is 29.3 Å². The van der Waals surface area contributed by atoms with E-state index in [0.29, 0.717) is 6.04 Å². The first-order valence-electron chi connectivity index (χ1n) is 7.00. The zero-order chi connectivity index (χ0) is 12.4. The van der Waals surface area contributed by atoms with Crippen molar-refractivity contribution in [3.63, 3.8) is 0 Å². The van der Waals surface area contributed by atoms with Crippen molar-refractivity contribution in [1.29, 1.82) is 0 Å². The molecule has 1 aromatic carbocycles. The average molecular weight is 246 g/mol. The van der Waals surface area contributed by atoms with E-state index >= 15 is 0 Å². The Bertz CT molecular complexity index is 413. The van der Waals surface area contributed by atoms with E-state index in [1.54, 1.807) is 7.11 Å². The highest BCUT2D eigenvalue weighted by atomic mass is 16.5. The number of methoxy groups -OCH3 is 1. The monoisotopic (exact) mass is 246 g/mol. The van der Waals surface area contributed by atoms with Crippen LogP contribution in [0.15, 0.2) is 18.2 Å². The second-order valence-corrected chi connectivity index (χ2v) is 5.22. The molecular weight excluding hydrogens is 224 g/mol. The maximum atomic E-state index is 5.52. The van der Waals surface area contributed by atoms with Crippen molar-refractivity contribution in [2.45, 2.75) is 25.3 Å². The van der Waals surface area contributed by atoms with Gasteiger partial charge in [-0.15, -0.1) is 0 Å². The SMILES string of the molecule is COc1cccc2c1CCCC2N1CCNCC1. The van der Waals surface area contributed by atoms with Gasteiger partial charge in [-0.1, -0.05) is 12.1 Å². The molecule has 1 fully saturated rings. The number of fused-ring (bicyclic) bond motifs is 1. The molecule has 1 aliphatic heterocycles. The van der Waals surface area contributed by atoms with E-state index in [1.807, 2.05) is 0 Å². The minimum atomic E-state index is 0.603. The molecule has 0 aromatic heterocycles. The second-order valence-electron chi connectivity index (χ2n) is 5.22. The number of hydrogen-bond donors (Lipinski definition) is 1. The zero-order valence-corrected chi connectivity index (χ0v) is 11.1. The van der Waals surface area contributed by atoms with Gasteiger partial charge in [0.25, 0.3) is 0 Å². The van der Waals surface area contributed by atoms with E-state index in [9.17, 15) is 0 Å². The van der Waals surface area contributed by atoms with Gasteiger partial charge in [0.2, 0.25) is 0 Å². The molecule has 0 amide bonds. The summed E-state index contributed by atoms with van der Waals surface area (Å²) < 4.78 is 5.52. The molecule has 1 saturated heterocycles. The van der Waals surface area contributed by atoms with E-state index in [1.165, 1.54) is 43.5 Å². The molecule has 1 atom stereocenters. The number of ether oxygens (including phenoxy) is 1. The summed E-state index contributed by atoms with van der Waals surface area (Å²) in [5, 5.41) is 3.43. The van der Waals surface area contributed by atoms with Gasteiger partial charge < -0.3 is 10.1 Å². The van der Waals surface area contributed by atoms with Gasteiger partial charge in [-0.05, 0) is 36.5 Å². The summed E-state index contributed by atoms with van der Waals surface area (Å²) in [7, 11) is 1.78. The van der Waals surface area contributed by atoms with Crippen molar-refractivity contribution in [3.8, 4) is 5.75 Å². The highest BCUT2D eigenvalue weighted by Gasteiger charge is 2.28. The van der Waals surface area contributed by atoms with E-state index in [0.717, 1.165) is 18.8 Å². The first-order valence-corrected chi connectivity index (χ1v) is 7.00. The number of rotatable bonds is 2. The molecule has 1 heterocycles. The smallest absolute Gasteiger partial charge is 0.122 e. The Kier molecular flexibility index (Phi) is 3.52. The van der Waals surface area contributed by atoms with Crippen molar-refractivity contribution in [2.75, 3.05) is 33.3 Å². The number of benzene rings is 1. The van der Waals surface area contributed by atoms with Crippen LogP contribution in [0.5, 0.6) is 5.75 Å². The quantitative estimate of drug-likeness (QED) is 0.863. The Morgan fingerprint density at radius 2 is 2.11 bits per heavy atom. The van der Waals surface area contributed by atoms with Crippen LogP contribution in [0.1, 0.15) is 30.0 Å². The second kappa shape index (κ2) is 5.29. The van der Waals surface area contributed by atoms with Crippen LogP contribution in [-0.4, -0.2) is 38.2 Å². The fraction of sp³-hybridized carbons (Fsp3) is 0.600. The van der Waals surface area contributed by atoms with E-state index in [-0.39, 0.29) is 0 Å². The van der Waals surface area contributed by atoms with Crippen LogP contribution >= 0.6 is 0 Å². The van der Waals surface area contributed by atoms with Crippen LogP contribution in [0.3, 0.4) is 0 Å². The lowest BCUT2D eigenvalue weighted by Gasteiger charge is -2.38. The Labute approximate surface area is 109 Å². The summed E-state index contributed by atoms with van der Waals surface area (Å²) >= 11 is 0. The molecule has 0 saturated carbocycles. The summed E-state index contributed by atoms with van der Waals surface area (Å²) in [6, 6.07) is 7.13. The van der Waals surface area contributed by atoms with Gasteiger partial charge in [0.05, 0.1) is 7.11 Å². The van der Waals surface area contributed by atoms with Gasteiger partial charge >= 0.3 is 0 Å². The van der Waals surface area contributed by atoms with E-state index in [4.69, 9.17) is 4.74 Å². The Balaban J connectivity index is 1.91. The molecule has 3 heteroatoms. The van der Waals surface area contributed by atoms with Crippen LogP contribution in [-0.2, 0) is 6.42 Å². The molecule has 98 valence electrons. The van der Waals surface area contributed by atoms with Gasteiger partial charge in [0.1, 0.15) is 5.75 Å². The number of nitrogens with one attached hydrogen (secondary N) is 1. The predicted octanol–water partition coefficient (Wildman–Crippen LogP) is 1.98. The molecule has 1 N–H and O–H groups in total. The van der Waals surface area contributed by atoms with Gasteiger partial charge in [-0.25, -0.2) is 0 Å². The molecule has 0 spiro atoms. The summed E-state index contributed by atoms with van der Waals surface area (Å²) in [6.07, 6.45) is 3.74. The third kappa shape index (κ3) is 2.13. The van der Waals surface area contributed by atoms with Gasteiger partial charge in [0.15, 0.2) is 0 Å². The lowest BCUT2D eigenvalue weighted by molar-refractivity contribution is 0.157. The Hall–Kier alpha value is -1.06. The van der Waals surface area contributed by atoms with Crippen LogP contribution in [0.2, 0.25) is 0 Å². The van der Waals surface area contributed by atoms with E-state index < -0.39 is 0 Å². The molecule has 1 aromatic rings. The number of piperazine rings is 1. The summed E-state index contributed by atoms with van der Waals surface area (Å²) in [6.45, 7) is 4.58. The normalized spacial score (nSPS) is 24.6. The molecule has 0 radical (unpaired) electrons. The minimum absolute atomic E-state index is 0.603. The van der Waals surface area contributed by atoms with Gasteiger partial charge in [-0.2, -0.15) is 0 Å². The first-order chi connectivity index (χ1) is 8.90. The topological polar surface area (TPSA) is 24.5 Å². The molecule has 1 unspecified atom stereocenters. The maximum Gasteiger partial charge on any atom is 0.122 e. The van der Waals surface area contributed by atoms with Crippen LogP contribution in [0, 0.1) is 0 Å². The van der Waals surface area contributed by atoms with Crippen LogP contribution in [0.4, 0.5) is 0 Å². The van der Waals surface area contributed by atoms with Crippen molar-refractivity contribution < 1.29 is 4.74 Å². The molecular formula is C15H22N2O. The Morgan fingerprint density at radius 1 is 1.28 bits per heavy atom. The standard InChI is InChI=1S/C15H22N2O/c1-18-15-7-3-4-12-13(15)5-2-6-14(12)17-10-8-16-9-11-17/h3-4,7,14,16H,2,5-6,8-11H2,1H3. The molecule has 18 heavy (non-hydrogen) atoms. The highest BCUT2D eigenvalue weighted by Crippen LogP contribution is 2.38. The highest BCUT2D eigenvalue weighted by molar-refractivity contribution is 5.43. The fourth-order valence-corrected chi connectivity index (χ4v) is 3.35. The third-order valence-electron chi connectivity index (χ3n) is 4.24. The molecule has 3 rings (SSSR count).